The molecule has 0 heterocycles. The SMILES string of the molecule is Cl.O=S(=O)(O)CCC(F)(F)F. The van der Waals surface area contributed by atoms with Crippen LogP contribution in [-0.4, -0.2) is 24.9 Å². The van der Waals surface area contributed by atoms with Gasteiger partial charge in [-0.15, -0.1) is 12.4 Å². The van der Waals surface area contributed by atoms with Gasteiger partial charge in [0.05, 0.1) is 12.2 Å². The van der Waals surface area contributed by atoms with Crippen molar-refractivity contribution in [2.75, 3.05) is 5.75 Å². The fraction of sp³-hybridized carbons (Fsp3) is 1.00. The van der Waals surface area contributed by atoms with Crippen LogP contribution in [0.1, 0.15) is 6.42 Å². The molecule has 0 fully saturated rings. The van der Waals surface area contributed by atoms with E-state index in [0.717, 1.165) is 0 Å². The second-order valence-electron chi connectivity index (χ2n) is 1.65. The first-order valence-electron chi connectivity index (χ1n) is 2.23. The lowest BCUT2D eigenvalue weighted by Crippen LogP contribution is -2.15. The van der Waals surface area contributed by atoms with Gasteiger partial charge in [-0.1, -0.05) is 0 Å². The predicted molar refractivity (Wildman–Crippen MR) is 34.3 cm³/mol. The topological polar surface area (TPSA) is 54.4 Å². The normalized spacial score (nSPS) is 12.4. The molecular weight excluding hydrogens is 209 g/mol. The molecule has 0 spiro atoms. The zero-order chi connectivity index (χ0) is 8.41. The lowest BCUT2D eigenvalue weighted by Gasteiger charge is -2.02. The second-order valence-corrected chi connectivity index (χ2v) is 3.22. The summed E-state index contributed by atoms with van der Waals surface area (Å²) in [4.78, 5) is 0. The minimum Gasteiger partial charge on any atom is -0.286 e. The van der Waals surface area contributed by atoms with Gasteiger partial charge in [-0.2, -0.15) is 21.6 Å². The van der Waals surface area contributed by atoms with Gasteiger partial charge in [0.2, 0.25) is 0 Å². The van der Waals surface area contributed by atoms with E-state index in [2.05, 4.69) is 0 Å². The molecule has 3 nitrogen and oxygen atoms in total. The lowest BCUT2D eigenvalue weighted by molar-refractivity contribution is -0.130. The second kappa shape index (κ2) is 4.13. The van der Waals surface area contributed by atoms with E-state index in [9.17, 15) is 21.6 Å². The third kappa shape index (κ3) is 13.1. The fourth-order valence-corrected chi connectivity index (χ4v) is 0.734. The van der Waals surface area contributed by atoms with Crippen LogP contribution in [0.15, 0.2) is 0 Å². The lowest BCUT2D eigenvalue weighted by atomic mass is 10.5. The Hall–Kier alpha value is -0.0100. The third-order valence-corrected chi connectivity index (χ3v) is 1.36. The average molecular weight is 215 g/mol. The average Bonchev–Trinajstić information content (AvgIpc) is 1.57. The molecule has 1 N–H and O–H groups in total. The standard InChI is InChI=1S/C3H5F3O3S.ClH/c4-3(5,6)1-2-10(7,8)9;/h1-2H2,(H,7,8,9);1H. The molecule has 8 heteroatoms. The summed E-state index contributed by atoms with van der Waals surface area (Å²) in [5, 5.41) is 0. The fourth-order valence-electron chi connectivity index (χ4n) is 0.245. The summed E-state index contributed by atoms with van der Waals surface area (Å²) >= 11 is 0. The van der Waals surface area contributed by atoms with E-state index in [-0.39, 0.29) is 12.4 Å². The maximum Gasteiger partial charge on any atom is 0.390 e. The molecular formula is C3H6ClF3O3S. The molecule has 0 saturated carbocycles. The Balaban J connectivity index is 0. The Bertz CT molecular complexity index is 196. The highest BCUT2D eigenvalue weighted by atomic mass is 35.5. The van der Waals surface area contributed by atoms with Crippen LogP contribution in [0.5, 0.6) is 0 Å². The smallest absolute Gasteiger partial charge is 0.286 e. The number of hydrogen-bond donors (Lipinski definition) is 1. The van der Waals surface area contributed by atoms with Crippen LogP contribution in [0.25, 0.3) is 0 Å². The van der Waals surface area contributed by atoms with Crippen molar-refractivity contribution < 1.29 is 26.1 Å². The number of hydrogen-bond acceptors (Lipinski definition) is 2. The first kappa shape index (κ1) is 13.6. The summed E-state index contributed by atoms with van der Waals surface area (Å²) in [6.45, 7) is 0. The van der Waals surface area contributed by atoms with Crippen molar-refractivity contribution in [2.45, 2.75) is 12.6 Å². The monoisotopic (exact) mass is 214 g/mol. The van der Waals surface area contributed by atoms with Crippen LogP contribution in [0, 0.1) is 0 Å². The first-order chi connectivity index (χ1) is 4.21. The van der Waals surface area contributed by atoms with Gasteiger partial charge in [-0.05, 0) is 0 Å². The molecule has 0 aromatic heterocycles. The maximum atomic E-state index is 11.2. The Morgan fingerprint density at radius 3 is 1.73 bits per heavy atom. The van der Waals surface area contributed by atoms with E-state index in [1.807, 2.05) is 0 Å². The van der Waals surface area contributed by atoms with Gasteiger partial charge in [0.25, 0.3) is 10.1 Å². The van der Waals surface area contributed by atoms with Crippen molar-refractivity contribution in [3.05, 3.63) is 0 Å². The van der Waals surface area contributed by atoms with Gasteiger partial charge >= 0.3 is 6.18 Å². The van der Waals surface area contributed by atoms with Gasteiger partial charge in [-0.25, -0.2) is 0 Å². The van der Waals surface area contributed by atoms with Gasteiger partial charge in [0.1, 0.15) is 0 Å². The van der Waals surface area contributed by atoms with Crippen LogP contribution < -0.4 is 0 Å². The van der Waals surface area contributed by atoms with E-state index in [1.54, 1.807) is 0 Å². The molecule has 0 unspecified atom stereocenters. The van der Waals surface area contributed by atoms with Crippen LogP contribution >= 0.6 is 12.4 Å². The number of alkyl halides is 3. The predicted octanol–water partition coefficient (Wildman–Crippen LogP) is 1.25. The summed E-state index contributed by atoms with van der Waals surface area (Å²) in [6, 6.07) is 0. The zero-order valence-electron chi connectivity index (χ0n) is 5.13. The van der Waals surface area contributed by atoms with Crippen molar-refractivity contribution in [2.24, 2.45) is 0 Å². The zero-order valence-corrected chi connectivity index (χ0v) is 6.76. The van der Waals surface area contributed by atoms with Crippen LogP contribution in [0.3, 0.4) is 0 Å². The number of halogens is 4. The highest BCUT2D eigenvalue weighted by Gasteiger charge is 2.29. The van der Waals surface area contributed by atoms with Crippen molar-refractivity contribution in [1.82, 2.24) is 0 Å². The van der Waals surface area contributed by atoms with E-state index in [4.69, 9.17) is 4.55 Å². The molecule has 11 heavy (non-hydrogen) atoms. The molecule has 0 aliphatic carbocycles. The Kier molecular flexibility index (Phi) is 5.09. The van der Waals surface area contributed by atoms with Gasteiger partial charge < -0.3 is 0 Å². The van der Waals surface area contributed by atoms with Crippen molar-refractivity contribution in [1.29, 1.82) is 0 Å². The van der Waals surface area contributed by atoms with Gasteiger partial charge in [0, 0.05) is 0 Å². The third-order valence-electron chi connectivity index (χ3n) is 0.643. The largest absolute Gasteiger partial charge is 0.390 e. The molecule has 0 bridgehead atoms. The molecule has 0 rings (SSSR count). The molecule has 0 amide bonds. The van der Waals surface area contributed by atoms with E-state index in [0.29, 0.717) is 0 Å². The molecule has 0 aliphatic heterocycles. The summed E-state index contributed by atoms with van der Waals surface area (Å²) in [5.74, 6) is -1.27. The van der Waals surface area contributed by atoms with Crippen LogP contribution in [0.4, 0.5) is 13.2 Å². The molecule has 0 aromatic rings. The molecule has 0 radical (unpaired) electrons. The summed E-state index contributed by atoms with van der Waals surface area (Å²) in [5.41, 5.74) is 0. The van der Waals surface area contributed by atoms with E-state index < -0.39 is 28.5 Å². The van der Waals surface area contributed by atoms with Gasteiger partial charge in [0.15, 0.2) is 0 Å². The highest BCUT2D eigenvalue weighted by Crippen LogP contribution is 2.19. The first-order valence-corrected chi connectivity index (χ1v) is 3.83. The van der Waals surface area contributed by atoms with E-state index in [1.165, 1.54) is 0 Å². The van der Waals surface area contributed by atoms with E-state index >= 15 is 0 Å². The Labute approximate surface area is 67.7 Å². The molecule has 70 valence electrons. The minimum absolute atomic E-state index is 0. The molecule has 0 saturated heterocycles. The number of rotatable bonds is 2. The Morgan fingerprint density at radius 1 is 1.27 bits per heavy atom. The van der Waals surface area contributed by atoms with Crippen LogP contribution in [0.2, 0.25) is 0 Å². The molecule has 0 aromatic carbocycles. The van der Waals surface area contributed by atoms with Crippen molar-refractivity contribution in [3.63, 3.8) is 0 Å². The summed E-state index contributed by atoms with van der Waals surface area (Å²) in [7, 11) is -4.48. The quantitative estimate of drug-likeness (QED) is 0.704. The van der Waals surface area contributed by atoms with Crippen LogP contribution in [-0.2, 0) is 10.1 Å². The Morgan fingerprint density at radius 2 is 1.64 bits per heavy atom. The summed E-state index contributed by atoms with van der Waals surface area (Å²) in [6.07, 6.45) is -6.04. The molecule has 0 aliphatic rings. The minimum atomic E-state index is -4.53. The van der Waals surface area contributed by atoms with Gasteiger partial charge in [-0.3, -0.25) is 4.55 Å². The summed E-state index contributed by atoms with van der Waals surface area (Å²) < 4.78 is 61.0. The maximum absolute atomic E-state index is 11.2. The van der Waals surface area contributed by atoms with Crippen molar-refractivity contribution >= 4 is 22.5 Å². The molecule has 0 atom stereocenters. The highest BCUT2D eigenvalue weighted by molar-refractivity contribution is 7.85. The van der Waals surface area contributed by atoms with Crippen molar-refractivity contribution in [3.8, 4) is 0 Å².